The van der Waals surface area contributed by atoms with Gasteiger partial charge in [0.1, 0.15) is 11.8 Å². The molecule has 1 saturated heterocycles. The molecule has 6 nitrogen and oxygen atoms in total. The van der Waals surface area contributed by atoms with Crippen molar-refractivity contribution in [3.63, 3.8) is 0 Å². The van der Waals surface area contributed by atoms with E-state index >= 15 is 0 Å². The monoisotopic (exact) mass is 261 g/mol. The molecule has 1 aromatic heterocycles. The molecule has 1 aromatic rings. The van der Waals surface area contributed by atoms with Crippen LogP contribution in [0, 0.1) is 11.3 Å². The number of pyridine rings is 1. The largest absolute Gasteiger partial charge is 0.394 e. The number of nitrogens with zero attached hydrogens (tertiary/aromatic N) is 2. The quantitative estimate of drug-likeness (QED) is 0.811. The molecule has 0 radical (unpaired) electrons. The highest BCUT2D eigenvalue weighted by molar-refractivity contribution is 5.92. The SMILES string of the molecule is N#Cc1ccc(C(=O)NC2(CO)CCOCC2)nc1. The van der Waals surface area contributed by atoms with E-state index in [1.807, 2.05) is 6.07 Å². The zero-order valence-electron chi connectivity index (χ0n) is 10.4. The molecule has 6 heteroatoms. The van der Waals surface area contributed by atoms with Crippen LogP contribution in [0.4, 0.5) is 0 Å². The van der Waals surface area contributed by atoms with Crippen LogP contribution >= 0.6 is 0 Å². The van der Waals surface area contributed by atoms with Crippen molar-refractivity contribution in [2.45, 2.75) is 18.4 Å². The second-order valence-corrected chi connectivity index (χ2v) is 4.55. The highest BCUT2D eigenvalue weighted by atomic mass is 16.5. The Labute approximate surface area is 111 Å². The molecule has 0 aromatic carbocycles. The summed E-state index contributed by atoms with van der Waals surface area (Å²) < 4.78 is 5.23. The third kappa shape index (κ3) is 3.08. The van der Waals surface area contributed by atoms with Gasteiger partial charge in [0.2, 0.25) is 0 Å². The maximum Gasteiger partial charge on any atom is 0.270 e. The summed E-state index contributed by atoms with van der Waals surface area (Å²) in [7, 11) is 0. The van der Waals surface area contributed by atoms with E-state index in [0.717, 1.165) is 0 Å². The van der Waals surface area contributed by atoms with Gasteiger partial charge in [0.25, 0.3) is 5.91 Å². The van der Waals surface area contributed by atoms with Gasteiger partial charge in [0.15, 0.2) is 0 Å². The third-order valence-electron chi connectivity index (χ3n) is 3.26. The average molecular weight is 261 g/mol. The average Bonchev–Trinajstić information content (AvgIpc) is 2.48. The Hall–Kier alpha value is -1.97. The molecule has 0 aliphatic carbocycles. The lowest BCUT2D eigenvalue weighted by atomic mass is 9.91. The maximum atomic E-state index is 12.1. The first kappa shape index (κ1) is 13.5. The van der Waals surface area contributed by atoms with Crippen molar-refractivity contribution in [3.05, 3.63) is 29.6 Å². The van der Waals surface area contributed by atoms with E-state index in [2.05, 4.69) is 10.3 Å². The summed E-state index contributed by atoms with van der Waals surface area (Å²) in [5.41, 5.74) is 0.00284. The number of aliphatic hydroxyl groups is 1. The van der Waals surface area contributed by atoms with Crippen LogP contribution in [0.2, 0.25) is 0 Å². The van der Waals surface area contributed by atoms with E-state index in [0.29, 0.717) is 31.6 Å². The summed E-state index contributed by atoms with van der Waals surface area (Å²) in [6, 6.07) is 4.98. The second-order valence-electron chi connectivity index (χ2n) is 4.55. The van der Waals surface area contributed by atoms with Crippen molar-refractivity contribution in [1.29, 1.82) is 5.26 Å². The van der Waals surface area contributed by atoms with Gasteiger partial charge < -0.3 is 15.2 Å². The van der Waals surface area contributed by atoms with Crippen molar-refractivity contribution < 1.29 is 14.6 Å². The Bertz CT molecular complexity index is 487. The first-order valence-electron chi connectivity index (χ1n) is 6.06. The topological polar surface area (TPSA) is 95.2 Å². The summed E-state index contributed by atoms with van der Waals surface area (Å²) >= 11 is 0. The highest BCUT2D eigenvalue weighted by Gasteiger charge is 2.33. The summed E-state index contributed by atoms with van der Waals surface area (Å²) in [6.45, 7) is 0.904. The lowest BCUT2D eigenvalue weighted by Gasteiger charge is -2.36. The van der Waals surface area contributed by atoms with Gasteiger partial charge in [-0.25, -0.2) is 4.98 Å². The first-order chi connectivity index (χ1) is 9.19. The van der Waals surface area contributed by atoms with Gasteiger partial charge >= 0.3 is 0 Å². The second kappa shape index (κ2) is 5.78. The smallest absolute Gasteiger partial charge is 0.270 e. The van der Waals surface area contributed by atoms with Crippen LogP contribution in [0.15, 0.2) is 18.3 Å². The molecule has 2 rings (SSSR count). The van der Waals surface area contributed by atoms with Crippen molar-refractivity contribution in [2.75, 3.05) is 19.8 Å². The van der Waals surface area contributed by atoms with Gasteiger partial charge in [-0.3, -0.25) is 4.79 Å². The number of rotatable bonds is 3. The van der Waals surface area contributed by atoms with Gasteiger partial charge in [-0.15, -0.1) is 0 Å². The van der Waals surface area contributed by atoms with E-state index in [1.165, 1.54) is 18.3 Å². The molecule has 0 bridgehead atoms. The van der Waals surface area contributed by atoms with E-state index in [-0.39, 0.29) is 18.2 Å². The van der Waals surface area contributed by atoms with Crippen molar-refractivity contribution >= 4 is 5.91 Å². The van der Waals surface area contributed by atoms with Crippen LogP contribution in [0.5, 0.6) is 0 Å². The van der Waals surface area contributed by atoms with Gasteiger partial charge in [-0.1, -0.05) is 0 Å². The number of nitriles is 1. The molecule has 1 fully saturated rings. The first-order valence-corrected chi connectivity index (χ1v) is 6.06. The Balaban J connectivity index is 2.08. The summed E-state index contributed by atoms with van der Waals surface area (Å²) in [5, 5.41) is 21.0. The Morgan fingerprint density at radius 3 is 2.79 bits per heavy atom. The summed E-state index contributed by atoms with van der Waals surface area (Å²) in [5.74, 6) is -0.347. The minimum atomic E-state index is -0.634. The molecular formula is C13H15N3O3. The van der Waals surface area contributed by atoms with Crippen LogP contribution < -0.4 is 5.32 Å². The van der Waals surface area contributed by atoms with Gasteiger partial charge in [0, 0.05) is 19.4 Å². The fraction of sp³-hybridized carbons (Fsp3) is 0.462. The number of nitrogens with one attached hydrogen (secondary N) is 1. The van der Waals surface area contributed by atoms with Crippen molar-refractivity contribution in [1.82, 2.24) is 10.3 Å². The number of amides is 1. The summed E-state index contributed by atoms with van der Waals surface area (Å²) in [6.07, 6.45) is 2.50. The number of ether oxygens (including phenoxy) is 1. The zero-order valence-corrected chi connectivity index (χ0v) is 10.4. The van der Waals surface area contributed by atoms with Crippen LogP contribution in [-0.4, -0.2) is 41.4 Å². The Kier molecular flexibility index (Phi) is 4.10. The molecule has 1 amide bonds. The fourth-order valence-corrected chi connectivity index (χ4v) is 1.98. The Morgan fingerprint density at radius 2 is 2.26 bits per heavy atom. The van der Waals surface area contributed by atoms with Gasteiger partial charge in [-0.05, 0) is 25.0 Å². The van der Waals surface area contributed by atoms with E-state index < -0.39 is 5.54 Å². The van der Waals surface area contributed by atoms with E-state index in [9.17, 15) is 9.90 Å². The Morgan fingerprint density at radius 1 is 1.53 bits per heavy atom. The van der Waals surface area contributed by atoms with E-state index in [4.69, 9.17) is 10.00 Å². The van der Waals surface area contributed by atoms with Crippen LogP contribution in [0.25, 0.3) is 0 Å². The minimum absolute atomic E-state index is 0.127. The molecule has 1 aliphatic heterocycles. The minimum Gasteiger partial charge on any atom is -0.394 e. The normalized spacial score (nSPS) is 17.5. The maximum absolute atomic E-state index is 12.1. The fourth-order valence-electron chi connectivity index (χ4n) is 1.98. The number of hydrogen-bond donors (Lipinski definition) is 2. The zero-order chi connectivity index (χ0) is 13.7. The molecule has 2 heterocycles. The standard InChI is InChI=1S/C13H15N3O3/c14-7-10-1-2-11(15-8-10)12(18)16-13(9-17)3-5-19-6-4-13/h1-2,8,17H,3-6,9H2,(H,16,18). The van der Waals surface area contributed by atoms with Crippen molar-refractivity contribution in [3.8, 4) is 6.07 Å². The third-order valence-corrected chi connectivity index (χ3v) is 3.26. The molecule has 100 valence electrons. The highest BCUT2D eigenvalue weighted by Crippen LogP contribution is 2.20. The lowest BCUT2D eigenvalue weighted by molar-refractivity contribution is 0.0124. The molecule has 0 unspecified atom stereocenters. The molecule has 1 aliphatic rings. The lowest BCUT2D eigenvalue weighted by Crippen LogP contribution is -2.54. The molecule has 0 spiro atoms. The number of aliphatic hydroxyl groups excluding tert-OH is 1. The van der Waals surface area contributed by atoms with Crippen LogP contribution in [0.1, 0.15) is 28.9 Å². The number of carbonyl (C=O) groups is 1. The van der Waals surface area contributed by atoms with Gasteiger partial charge in [0.05, 0.1) is 17.7 Å². The van der Waals surface area contributed by atoms with Crippen LogP contribution in [-0.2, 0) is 4.74 Å². The number of carbonyl (C=O) groups excluding carboxylic acids is 1. The predicted molar refractivity (Wildman–Crippen MR) is 66.3 cm³/mol. The summed E-state index contributed by atoms with van der Waals surface area (Å²) in [4.78, 5) is 16.0. The molecule has 0 saturated carbocycles. The molecule has 0 atom stereocenters. The van der Waals surface area contributed by atoms with E-state index in [1.54, 1.807) is 0 Å². The molecule has 19 heavy (non-hydrogen) atoms. The van der Waals surface area contributed by atoms with Gasteiger partial charge in [-0.2, -0.15) is 5.26 Å². The molecular weight excluding hydrogens is 246 g/mol. The number of hydrogen-bond acceptors (Lipinski definition) is 5. The molecule has 2 N–H and O–H groups in total. The van der Waals surface area contributed by atoms with Crippen LogP contribution in [0.3, 0.4) is 0 Å². The van der Waals surface area contributed by atoms with Crippen molar-refractivity contribution in [2.24, 2.45) is 0 Å². The predicted octanol–water partition coefficient (Wildman–Crippen LogP) is 0.225. The number of aromatic nitrogens is 1.